The van der Waals surface area contributed by atoms with Crippen LogP contribution in [0, 0.1) is 0 Å². The first kappa shape index (κ1) is 23.2. The number of amides is 1. The second kappa shape index (κ2) is 10.7. The van der Waals surface area contributed by atoms with E-state index in [4.69, 9.17) is 9.84 Å². The minimum Gasteiger partial charge on any atom is -0.457 e. The van der Waals surface area contributed by atoms with Crippen LogP contribution in [0.2, 0.25) is 0 Å². The first-order valence-electron chi connectivity index (χ1n) is 11.7. The van der Waals surface area contributed by atoms with Crippen molar-refractivity contribution >= 4 is 16.9 Å². The number of carbonyl (C=O) groups excluding carboxylic acids is 1. The number of fused-ring (bicyclic) bond motifs is 1. The van der Waals surface area contributed by atoms with Crippen LogP contribution >= 0.6 is 0 Å². The van der Waals surface area contributed by atoms with E-state index in [-0.39, 0.29) is 11.9 Å². The first-order chi connectivity index (χ1) is 16.7. The van der Waals surface area contributed by atoms with Crippen molar-refractivity contribution < 1.29 is 9.53 Å². The van der Waals surface area contributed by atoms with Crippen molar-refractivity contribution in [2.75, 3.05) is 6.54 Å². The SMILES string of the molecule is C=CC(=O)N1CCC[C@@H]1Cn1nc(-c2ccc(Oc3ccccc3)cc2)c2cncnc21.CC. The summed E-state index contributed by atoms with van der Waals surface area (Å²) in [6.45, 7) is 8.96. The molecule has 1 fully saturated rings. The molecule has 4 aromatic rings. The van der Waals surface area contributed by atoms with Crippen LogP contribution in [-0.4, -0.2) is 43.1 Å². The van der Waals surface area contributed by atoms with Gasteiger partial charge < -0.3 is 9.64 Å². The Balaban J connectivity index is 0.00000133. The van der Waals surface area contributed by atoms with Gasteiger partial charge in [0.25, 0.3) is 0 Å². The van der Waals surface area contributed by atoms with Gasteiger partial charge in [0.05, 0.1) is 18.0 Å². The number of carbonyl (C=O) groups is 1. The van der Waals surface area contributed by atoms with E-state index < -0.39 is 0 Å². The molecule has 1 aliphatic rings. The number of hydrogen-bond acceptors (Lipinski definition) is 5. The van der Waals surface area contributed by atoms with Gasteiger partial charge in [0.2, 0.25) is 5.91 Å². The normalized spacial score (nSPS) is 15.0. The lowest BCUT2D eigenvalue weighted by atomic mass is 10.1. The second-order valence-corrected chi connectivity index (χ2v) is 7.76. The number of para-hydroxylation sites is 1. The number of benzene rings is 2. The maximum absolute atomic E-state index is 12.2. The Morgan fingerprint density at radius 1 is 1.12 bits per heavy atom. The Morgan fingerprint density at radius 2 is 1.85 bits per heavy atom. The molecular weight excluding hydrogens is 426 g/mol. The second-order valence-electron chi connectivity index (χ2n) is 7.76. The zero-order chi connectivity index (χ0) is 23.9. The smallest absolute Gasteiger partial charge is 0.246 e. The number of nitrogens with zero attached hydrogens (tertiary/aromatic N) is 5. The van der Waals surface area contributed by atoms with E-state index in [1.54, 1.807) is 6.20 Å². The molecule has 0 N–H and O–H groups in total. The Labute approximate surface area is 199 Å². The molecule has 0 aliphatic carbocycles. The molecule has 0 saturated carbocycles. The average Bonchev–Trinajstić information content (AvgIpc) is 3.51. The molecule has 2 aromatic heterocycles. The van der Waals surface area contributed by atoms with E-state index in [1.807, 2.05) is 78.0 Å². The summed E-state index contributed by atoms with van der Waals surface area (Å²) < 4.78 is 7.79. The van der Waals surface area contributed by atoms with Crippen LogP contribution < -0.4 is 4.74 Å². The predicted octanol–water partition coefficient (Wildman–Crippen LogP) is 5.49. The molecule has 0 bridgehead atoms. The van der Waals surface area contributed by atoms with Crippen LogP contribution in [0.1, 0.15) is 26.7 Å². The molecule has 1 saturated heterocycles. The zero-order valence-electron chi connectivity index (χ0n) is 19.6. The lowest BCUT2D eigenvalue weighted by molar-refractivity contribution is -0.127. The molecule has 0 spiro atoms. The van der Waals surface area contributed by atoms with E-state index in [1.165, 1.54) is 12.4 Å². The molecule has 5 rings (SSSR count). The summed E-state index contributed by atoms with van der Waals surface area (Å²) in [5, 5.41) is 5.74. The van der Waals surface area contributed by atoms with Gasteiger partial charge in [-0.15, -0.1) is 0 Å². The van der Waals surface area contributed by atoms with E-state index in [2.05, 4.69) is 16.5 Å². The third-order valence-electron chi connectivity index (χ3n) is 5.74. The van der Waals surface area contributed by atoms with Crippen molar-refractivity contribution in [1.82, 2.24) is 24.6 Å². The molecule has 174 valence electrons. The van der Waals surface area contributed by atoms with Crippen molar-refractivity contribution in [3.63, 3.8) is 0 Å². The van der Waals surface area contributed by atoms with Gasteiger partial charge in [-0.1, -0.05) is 38.6 Å². The van der Waals surface area contributed by atoms with E-state index in [0.717, 1.165) is 53.2 Å². The van der Waals surface area contributed by atoms with Gasteiger partial charge in [-0.2, -0.15) is 5.10 Å². The third kappa shape index (κ3) is 4.83. The summed E-state index contributed by atoms with van der Waals surface area (Å²) in [5.41, 5.74) is 2.53. The van der Waals surface area contributed by atoms with Gasteiger partial charge in [-0.25, -0.2) is 14.6 Å². The molecule has 34 heavy (non-hydrogen) atoms. The summed E-state index contributed by atoms with van der Waals surface area (Å²) in [7, 11) is 0. The van der Waals surface area contributed by atoms with Gasteiger partial charge in [0.15, 0.2) is 5.65 Å². The maximum Gasteiger partial charge on any atom is 0.246 e. The van der Waals surface area contributed by atoms with Gasteiger partial charge in [0, 0.05) is 18.3 Å². The molecule has 7 heteroatoms. The topological polar surface area (TPSA) is 73.1 Å². The fourth-order valence-electron chi connectivity index (χ4n) is 4.20. The van der Waals surface area contributed by atoms with Crippen LogP contribution in [-0.2, 0) is 11.3 Å². The summed E-state index contributed by atoms with van der Waals surface area (Å²) in [6, 6.07) is 17.6. The standard InChI is InChI=1S/C25H23N5O2.C2H6/c1-2-23(31)29-14-6-7-19(29)16-30-25-22(15-26-17-27-25)24(28-30)18-10-12-21(13-11-18)32-20-8-4-3-5-9-20;1-2/h2-5,8-13,15,17,19H,1,6-7,14,16H2;1-2H3/t19-;/m1./s1. The Kier molecular flexibility index (Phi) is 7.32. The molecule has 0 unspecified atom stereocenters. The van der Waals surface area contributed by atoms with Crippen molar-refractivity contribution in [2.45, 2.75) is 39.3 Å². The lowest BCUT2D eigenvalue weighted by Gasteiger charge is -2.23. The quantitative estimate of drug-likeness (QED) is 0.360. The van der Waals surface area contributed by atoms with Crippen LogP contribution in [0.15, 0.2) is 79.8 Å². The van der Waals surface area contributed by atoms with E-state index >= 15 is 0 Å². The molecule has 7 nitrogen and oxygen atoms in total. The van der Waals surface area contributed by atoms with Crippen molar-refractivity contribution in [1.29, 1.82) is 0 Å². The van der Waals surface area contributed by atoms with Crippen LogP contribution in [0.25, 0.3) is 22.3 Å². The molecule has 1 atom stereocenters. The van der Waals surface area contributed by atoms with Gasteiger partial charge in [-0.05, 0) is 55.3 Å². The van der Waals surface area contributed by atoms with Gasteiger partial charge in [0.1, 0.15) is 23.5 Å². The Hall–Kier alpha value is -4.00. The minimum atomic E-state index is -0.0344. The summed E-state index contributed by atoms with van der Waals surface area (Å²) in [4.78, 5) is 22.8. The van der Waals surface area contributed by atoms with E-state index in [9.17, 15) is 4.79 Å². The Morgan fingerprint density at radius 3 is 2.59 bits per heavy atom. The van der Waals surface area contributed by atoms with Crippen LogP contribution in [0.5, 0.6) is 11.5 Å². The summed E-state index contributed by atoms with van der Waals surface area (Å²) >= 11 is 0. The highest BCUT2D eigenvalue weighted by Gasteiger charge is 2.28. The highest BCUT2D eigenvalue weighted by Crippen LogP contribution is 2.30. The van der Waals surface area contributed by atoms with Gasteiger partial charge in [-0.3, -0.25) is 4.79 Å². The van der Waals surface area contributed by atoms with Crippen molar-refractivity contribution in [2.24, 2.45) is 0 Å². The molecule has 3 heterocycles. The number of aromatic nitrogens is 4. The lowest BCUT2D eigenvalue weighted by Crippen LogP contribution is -2.37. The largest absolute Gasteiger partial charge is 0.457 e. The molecule has 2 aromatic carbocycles. The fraction of sp³-hybridized carbons (Fsp3) is 0.259. The third-order valence-corrected chi connectivity index (χ3v) is 5.74. The monoisotopic (exact) mass is 455 g/mol. The van der Waals surface area contributed by atoms with Gasteiger partial charge >= 0.3 is 0 Å². The van der Waals surface area contributed by atoms with Crippen molar-refractivity contribution in [3.8, 4) is 22.8 Å². The van der Waals surface area contributed by atoms with E-state index in [0.29, 0.717) is 6.54 Å². The van der Waals surface area contributed by atoms with Crippen LogP contribution in [0.3, 0.4) is 0 Å². The highest BCUT2D eigenvalue weighted by molar-refractivity contribution is 5.90. The molecule has 1 amide bonds. The first-order valence-corrected chi connectivity index (χ1v) is 11.7. The summed E-state index contributed by atoms with van der Waals surface area (Å²) in [6.07, 6.45) is 6.62. The highest BCUT2D eigenvalue weighted by atomic mass is 16.5. The average molecular weight is 456 g/mol. The van der Waals surface area contributed by atoms with Crippen LogP contribution in [0.4, 0.5) is 0 Å². The predicted molar refractivity (Wildman–Crippen MR) is 134 cm³/mol. The number of ether oxygens (including phenoxy) is 1. The Bertz CT molecular complexity index is 1250. The number of hydrogen-bond donors (Lipinski definition) is 0. The molecule has 1 aliphatic heterocycles. The fourth-order valence-corrected chi connectivity index (χ4v) is 4.20. The maximum atomic E-state index is 12.2. The molecular formula is C27H29N5O2. The summed E-state index contributed by atoms with van der Waals surface area (Å²) in [5.74, 6) is 1.51. The minimum absolute atomic E-state index is 0.0344. The number of likely N-dealkylation sites (tertiary alicyclic amines) is 1. The zero-order valence-corrected chi connectivity index (χ0v) is 19.6. The van der Waals surface area contributed by atoms with Crippen molar-refractivity contribution in [3.05, 3.63) is 79.8 Å². The molecule has 0 radical (unpaired) electrons. The number of rotatable bonds is 6.